The van der Waals surface area contributed by atoms with Gasteiger partial charge in [0.1, 0.15) is 11.5 Å². The highest BCUT2D eigenvalue weighted by Gasteiger charge is 2.51. The predicted molar refractivity (Wildman–Crippen MR) is 209 cm³/mol. The van der Waals surface area contributed by atoms with Crippen molar-refractivity contribution < 1.29 is 4.74 Å². The van der Waals surface area contributed by atoms with E-state index < -0.39 is 5.41 Å². The van der Waals surface area contributed by atoms with Crippen LogP contribution in [0.4, 0.5) is 0 Å². The third-order valence-electron chi connectivity index (χ3n) is 11.3. The fraction of sp³-hybridized carbons (Fsp3) is 0.0213. The molecular weight excluding hydrogens is 627 g/mol. The maximum atomic E-state index is 7.18. The van der Waals surface area contributed by atoms with Crippen LogP contribution in [-0.2, 0) is 5.41 Å². The summed E-state index contributed by atoms with van der Waals surface area (Å²) >= 11 is 1.86. The molecule has 3 heteroatoms. The van der Waals surface area contributed by atoms with E-state index in [1.54, 1.807) is 0 Å². The summed E-state index contributed by atoms with van der Waals surface area (Å²) in [6, 6.07) is 60.3. The molecule has 2 nitrogen and oxygen atoms in total. The first-order valence-electron chi connectivity index (χ1n) is 17.2. The van der Waals surface area contributed by atoms with Crippen LogP contribution in [-0.4, -0.2) is 4.57 Å². The number of hydrogen-bond donors (Lipinski definition) is 0. The Morgan fingerprint density at radius 1 is 0.480 bits per heavy atom. The highest BCUT2D eigenvalue weighted by atomic mass is 32.1. The minimum Gasteiger partial charge on any atom is -0.456 e. The summed E-state index contributed by atoms with van der Waals surface area (Å²) in [5.41, 5.74) is 10.6. The van der Waals surface area contributed by atoms with Gasteiger partial charge in [0.05, 0.1) is 21.8 Å². The SMILES string of the molecule is c1ccc2c(c1)Oc1c(ccc3c1c1ccc4ccccc4c1n3-c1ccc3c(c1)sc1ccccc13)C21c2ccccc2-c2ccccc21. The zero-order valence-electron chi connectivity index (χ0n) is 26.9. The predicted octanol–water partition coefficient (Wildman–Crippen LogP) is 12.8. The molecule has 12 rings (SSSR count). The van der Waals surface area contributed by atoms with E-state index in [0.29, 0.717) is 0 Å². The second-order valence-electron chi connectivity index (χ2n) is 13.6. The molecule has 1 aliphatic heterocycles. The van der Waals surface area contributed by atoms with Crippen molar-refractivity contribution in [3.63, 3.8) is 0 Å². The molecule has 0 radical (unpaired) electrons. The van der Waals surface area contributed by atoms with Crippen molar-refractivity contribution in [2.75, 3.05) is 0 Å². The van der Waals surface area contributed by atoms with E-state index in [4.69, 9.17) is 4.74 Å². The largest absolute Gasteiger partial charge is 0.456 e. The Morgan fingerprint density at radius 2 is 1.14 bits per heavy atom. The highest BCUT2D eigenvalue weighted by molar-refractivity contribution is 7.25. The number of nitrogens with zero attached hydrogens (tertiary/aromatic N) is 1. The maximum Gasteiger partial charge on any atom is 0.142 e. The Hall–Kier alpha value is -6.16. The highest BCUT2D eigenvalue weighted by Crippen LogP contribution is 2.63. The van der Waals surface area contributed by atoms with Crippen molar-refractivity contribution in [1.82, 2.24) is 4.57 Å². The average Bonchev–Trinajstić information content (AvgIpc) is 3.82. The lowest BCUT2D eigenvalue weighted by Gasteiger charge is -2.39. The van der Waals surface area contributed by atoms with E-state index >= 15 is 0 Å². The summed E-state index contributed by atoms with van der Waals surface area (Å²) < 4.78 is 12.3. The molecule has 0 fully saturated rings. The lowest BCUT2D eigenvalue weighted by Crippen LogP contribution is -2.32. The standard InChI is InChI=1S/C47H27NOS/c1-2-12-30-28(11-1)21-23-35-44-40(48(45(30)35)29-22-24-34-33-15-5-10-20-42(33)50-43(34)27-29)26-25-39-46(44)49-41-19-9-8-18-38(41)47(39)36-16-6-3-13-31(36)32-14-4-7-17-37(32)47/h1-27H. The summed E-state index contributed by atoms with van der Waals surface area (Å²) in [6.45, 7) is 0. The Morgan fingerprint density at radius 3 is 1.98 bits per heavy atom. The molecule has 0 amide bonds. The number of ether oxygens (including phenoxy) is 1. The van der Waals surface area contributed by atoms with Gasteiger partial charge in [-0.05, 0) is 58.0 Å². The van der Waals surface area contributed by atoms with Gasteiger partial charge >= 0.3 is 0 Å². The van der Waals surface area contributed by atoms with Crippen LogP contribution in [0.5, 0.6) is 11.5 Å². The van der Waals surface area contributed by atoms with Gasteiger partial charge in [-0.25, -0.2) is 0 Å². The van der Waals surface area contributed by atoms with Gasteiger partial charge < -0.3 is 9.30 Å². The molecule has 232 valence electrons. The van der Waals surface area contributed by atoms with Gasteiger partial charge in [-0.15, -0.1) is 11.3 Å². The van der Waals surface area contributed by atoms with Gasteiger partial charge in [0.25, 0.3) is 0 Å². The molecule has 50 heavy (non-hydrogen) atoms. The Bertz CT molecular complexity index is 3040. The fourth-order valence-electron chi connectivity index (χ4n) is 9.30. The molecule has 3 heterocycles. The zero-order chi connectivity index (χ0) is 32.6. The van der Waals surface area contributed by atoms with Crippen LogP contribution in [0.15, 0.2) is 164 Å². The molecule has 2 aromatic heterocycles. The smallest absolute Gasteiger partial charge is 0.142 e. The van der Waals surface area contributed by atoms with Crippen LogP contribution in [0.25, 0.3) is 69.6 Å². The van der Waals surface area contributed by atoms with E-state index in [9.17, 15) is 0 Å². The molecular formula is C47H27NOS. The molecule has 0 atom stereocenters. The van der Waals surface area contributed by atoms with Crippen LogP contribution in [0, 0.1) is 0 Å². The van der Waals surface area contributed by atoms with E-state index in [-0.39, 0.29) is 0 Å². The third-order valence-corrected chi connectivity index (χ3v) is 12.4. The number of fused-ring (bicyclic) bond motifs is 18. The van der Waals surface area contributed by atoms with Crippen LogP contribution >= 0.6 is 11.3 Å². The molecule has 0 unspecified atom stereocenters. The zero-order valence-corrected chi connectivity index (χ0v) is 27.7. The first kappa shape index (κ1) is 26.8. The van der Waals surface area contributed by atoms with Crippen molar-refractivity contribution in [2.45, 2.75) is 5.41 Å². The monoisotopic (exact) mass is 653 g/mol. The number of aromatic nitrogens is 1. The van der Waals surface area contributed by atoms with Crippen molar-refractivity contribution in [3.8, 4) is 28.3 Å². The van der Waals surface area contributed by atoms with Crippen molar-refractivity contribution in [3.05, 3.63) is 186 Å². The second-order valence-corrected chi connectivity index (χ2v) is 14.7. The average molecular weight is 654 g/mol. The summed E-state index contributed by atoms with van der Waals surface area (Å²) in [4.78, 5) is 0. The first-order valence-corrected chi connectivity index (χ1v) is 18.0. The quantitative estimate of drug-likeness (QED) is 0.172. The first-order chi connectivity index (χ1) is 24.8. The summed E-state index contributed by atoms with van der Waals surface area (Å²) in [7, 11) is 0. The normalized spacial score (nSPS) is 13.9. The second kappa shape index (κ2) is 9.50. The molecule has 2 aliphatic rings. The van der Waals surface area contributed by atoms with Crippen LogP contribution in [0.1, 0.15) is 22.3 Å². The van der Waals surface area contributed by atoms with E-state index in [1.165, 1.54) is 75.2 Å². The number of para-hydroxylation sites is 1. The minimum atomic E-state index is -0.507. The van der Waals surface area contributed by atoms with Crippen molar-refractivity contribution in [1.29, 1.82) is 0 Å². The van der Waals surface area contributed by atoms with Gasteiger partial charge in [-0.3, -0.25) is 0 Å². The Kier molecular flexibility index (Phi) is 5.08. The lowest BCUT2D eigenvalue weighted by atomic mass is 9.66. The summed E-state index contributed by atoms with van der Waals surface area (Å²) in [5, 5.41) is 7.42. The van der Waals surface area contributed by atoms with Gasteiger partial charge in [0.2, 0.25) is 0 Å². The van der Waals surface area contributed by atoms with Gasteiger partial charge in [0, 0.05) is 47.8 Å². The molecule has 1 aliphatic carbocycles. The fourth-order valence-corrected chi connectivity index (χ4v) is 10.4. The number of benzene rings is 8. The van der Waals surface area contributed by atoms with Crippen LogP contribution in [0.2, 0.25) is 0 Å². The Balaban J connectivity index is 1.25. The van der Waals surface area contributed by atoms with Crippen LogP contribution < -0.4 is 4.74 Å². The molecule has 10 aromatic rings. The van der Waals surface area contributed by atoms with Gasteiger partial charge in [-0.1, -0.05) is 133 Å². The molecule has 8 aromatic carbocycles. The lowest BCUT2D eigenvalue weighted by molar-refractivity contribution is 0.442. The molecule has 0 saturated carbocycles. The third kappa shape index (κ3) is 3.19. The molecule has 1 spiro atoms. The van der Waals surface area contributed by atoms with Crippen molar-refractivity contribution in [2.24, 2.45) is 0 Å². The summed E-state index contributed by atoms with van der Waals surface area (Å²) in [6.07, 6.45) is 0. The molecule has 0 bridgehead atoms. The van der Waals surface area contributed by atoms with Crippen molar-refractivity contribution >= 4 is 64.1 Å². The topological polar surface area (TPSA) is 14.2 Å². The summed E-state index contributed by atoms with van der Waals surface area (Å²) in [5.74, 6) is 1.85. The van der Waals surface area contributed by atoms with Crippen LogP contribution in [0.3, 0.4) is 0 Å². The van der Waals surface area contributed by atoms with Gasteiger partial charge in [0.15, 0.2) is 0 Å². The van der Waals surface area contributed by atoms with E-state index in [2.05, 4.69) is 168 Å². The van der Waals surface area contributed by atoms with E-state index in [1.807, 2.05) is 11.3 Å². The Labute approximate surface area is 292 Å². The number of thiophene rings is 1. The molecule has 0 N–H and O–H groups in total. The molecule has 0 saturated heterocycles. The minimum absolute atomic E-state index is 0.507. The maximum absolute atomic E-state index is 7.18. The number of hydrogen-bond acceptors (Lipinski definition) is 2. The van der Waals surface area contributed by atoms with Gasteiger partial charge in [-0.2, -0.15) is 0 Å². The number of rotatable bonds is 1. The van der Waals surface area contributed by atoms with E-state index in [0.717, 1.165) is 28.1 Å².